The standard InChI is InChI=1S/C20H11BF10N/c1-2-3-6-21(32-7-4-5-8-32,9-11(22)15(26)19(30)16(27)12(9)23)10-13(24)17(28)20(31)18(29)14(10)25/h2-5,7-8H,6H2,1H3/q-1. The van der Waals surface area contributed by atoms with Gasteiger partial charge in [-0.1, -0.05) is 6.08 Å². The predicted molar refractivity (Wildman–Crippen MR) is 96.9 cm³/mol. The van der Waals surface area contributed by atoms with Crippen molar-refractivity contribution in [3.8, 4) is 0 Å². The van der Waals surface area contributed by atoms with Crippen LogP contribution in [0.5, 0.6) is 0 Å². The van der Waals surface area contributed by atoms with E-state index < -0.39 is 81.7 Å². The van der Waals surface area contributed by atoms with Crippen LogP contribution in [0.3, 0.4) is 0 Å². The first-order chi connectivity index (χ1) is 15.0. The molecule has 0 unspecified atom stereocenters. The van der Waals surface area contributed by atoms with Gasteiger partial charge in [0.05, 0.1) is 0 Å². The second-order valence-electron chi connectivity index (χ2n) is 6.90. The minimum Gasteiger partial charge on any atom is -0.520 e. The van der Waals surface area contributed by atoms with E-state index in [9.17, 15) is 43.9 Å². The topological polar surface area (TPSA) is 4.93 Å². The van der Waals surface area contributed by atoms with Gasteiger partial charge in [-0.3, -0.25) is 0 Å². The lowest BCUT2D eigenvalue weighted by molar-refractivity contribution is 0.381. The van der Waals surface area contributed by atoms with Crippen molar-refractivity contribution in [3.05, 3.63) is 94.9 Å². The second kappa shape index (κ2) is 8.40. The van der Waals surface area contributed by atoms with Crippen LogP contribution in [-0.2, 0) is 0 Å². The van der Waals surface area contributed by atoms with Crippen LogP contribution in [0, 0.1) is 58.2 Å². The maximum absolute atomic E-state index is 14.9. The minimum absolute atomic E-state index is 0.663. The Morgan fingerprint density at radius 2 is 0.906 bits per heavy atom. The van der Waals surface area contributed by atoms with E-state index in [0.29, 0.717) is 4.48 Å². The van der Waals surface area contributed by atoms with Crippen LogP contribution in [0.4, 0.5) is 43.9 Å². The Morgan fingerprint density at radius 1 is 0.594 bits per heavy atom. The van der Waals surface area contributed by atoms with Crippen molar-refractivity contribution in [3.63, 3.8) is 0 Å². The SMILES string of the molecule is CC=CC[B-](c1c(F)c(F)c(F)c(F)c1F)(c1c(F)c(F)c(F)c(F)c1F)n1cccc1. The van der Waals surface area contributed by atoms with Gasteiger partial charge in [0.15, 0.2) is 41.2 Å². The van der Waals surface area contributed by atoms with E-state index in [0.717, 1.165) is 18.5 Å². The summed E-state index contributed by atoms with van der Waals surface area (Å²) in [5.41, 5.74) is -3.47. The molecule has 0 aliphatic carbocycles. The van der Waals surface area contributed by atoms with Crippen LogP contribution in [-0.4, -0.2) is 10.8 Å². The molecule has 0 aliphatic heterocycles. The van der Waals surface area contributed by atoms with E-state index in [1.165, 1.54) is 25.1 Å². The highest BCUT2D eigenvalue weighted by Crippen LogP contribution is 2.28. The first-order valence-corrected chi connectivity index (χ1v) is 8.97. The van der Waals surface area contributed by atoms with Gasteiger partial charge in [-0.25, -0.2) is 43.9 Å². The number of benzene rings is 2. The lowest BCUT2D eigenvalue weighted by Gasteiger charge is -2.44. The molecule has 12 heteroatoms. The van der Waals surface area contributed by atoms with Gasteiger partial charge in [-0.15, -0.1) is 23.3 Å². The van der Waals surface area contributed by atoms with E-state index >= 15 is 0 Å². The molecule has 1 heterocycles. The van der Waals surface area contributed by atoms with Crippen molar-refractivity contribution < 1.29 is 43.9 Å². The number of nitrogens with zero attached hydrogens (tertiary/aromatic N) is 1. The summed E-state index contributed by atoms with van der Waals surface area (Å²) in [5.74, 6) is -24.8. The zero-order valence-electron chi connectivity index (χ0n) is 16.0. The van der Waals surface area contributed by atoms with Gasteiger partial charge in [0, 0.05) is 0 Å². The van der Waals surface area contributed by atoms with E-state index in [4.69, 9.17) is 0 Å². The molecule has 2 aromatic carbocycles. The molecule has 0 fully saturated rings. The molecule has 0 atom stereocenters. The molecule has 3 rings (SSSR count). The van der Waals surface area contributed by atoms with Gasteiger partial charge >= 0.3 is 0 Å². The molecule has 0 saturated heterocycles. The molecule has 32 heavy (non-hydrogen) atoms. The lowest BCUT2D eigenvalue weighted by Crippen LogP contribution is -2.68. The number of aromatic nitrogens is 1. The number of hydrogen-bond acceptors (Lipinski definition) is 0. The van der Waals surface area contributed by atoms with E-state index in [1.54, 1.807) is 0 Å². The van der Waals surface area contributed by atoms with Crippen LogP contribution >= 0.6 is 0 Å². The molecule has 0 bridgehead atoms. The molecule has 1 nitrogen and oxygen atoms in total. The van der Waals surface area contributed by atoms with Crippen molar-refractivity contribution in [1.29, 1.82) is 0 Å². The van der Waals surface area contributed by atoms with E-state index in [-0.39, 0.29) is 0 Å². The maximum Gasteiger partial charge on any atom is 0.200 e. The second-order valence-corrected chi connectivity index (χ2v) is 6.90. The summed E-state index contributed by atoms with van der Waals surface area (Å²) in [6.07, 6.45) is -0.799. The quantitative estimate of drug-likeness (QED) is 0.163. The van der Waals surface area contributed by atoms with Crippen molar-refractivity contribution >= 4 is 17.2 Å². The molecule has 0 amide bonds. The summed E-state index contributed by atoms with van der Waals surface area (Å²) in [4.78, 5) is 0. The fourth-order valence-electron chi connectivity index (χ4n) is 3.86. The third-order valence-electron chi connectivity index (χ3n) is 5.29. The Balaban J connectivity index is 2.67. The summed E-state index contributed by atoms with van der Waals surface area (Å²) in [6, 6.07) is 2.34. The van der Waals surface area contributed by atoms with Crippen molar-refractivity contribution in [2.24, 2.45) is 0 Å². The fraction of sp³-hybridized carbons (Fsp3) is 0.100. The number of hydrogen-bond donors (Lipinski definition) is 0. The van der Waals surface area contributed by atoms with Crippen LogP contribution in [0.1, 0.15) is 6.92 Å². The zero-order valence-corrected chi connectivity index (χ0v) is 16.0. The number of rotatable bonds is 5. The Bertz CT molecular complexity index is 1090. The molecule has 0 aliphatic rings. The Labute approximate surface area is 174 Å². The lowest BCUT2D eigenvalue weighted by atomic mass is 9.25. The first-order valence-electron chi connectivity index (χ1n) is 8.97. The summed E-state index contributed by atoms with van der Waals surface area (Å²) < 4.78 is 144. The van der Waals surface area contributed by atoms with Gasteiger partial charge in [-0.2, -0.15) is 0 Å². The van der Waals surface area contributed by atoms with Crippen LogP contribution in [0.2, 0.25) is 6.32 Å². The molecule has 0 spiro atoms. The van der Waals surface area contributed by atoms with Gasteiger partial charge < -0.3 is 4.48 Å². The highest BCUT2D eigenvalue weighted by atomic mass is 19.2. The summed E-state index contributed by atoms with van der Waals surface area (Å²) >= 11 is 0. The molecule has 0 N–H and O–H groups in total. The first kappa shape index (κ1) is 23.5. The molecule has 1 aromatic heterocycles. The summed E-state index contributed by atoms with van der Waals surface area (Å²) in [6.45, 7) is 1.35. The molecule has 0 saturated carbocycles. The third-order valence-corrected chi connectivity index (χ3v) is 5.29. The van der Waals surface area contributed by atoms with Crippen LogP contribution < -0.4 is 10.9 Å². The van der Waals surface area contributed by atoms with Crippen molar-refractivity contribution in [2.75, 3.05) is 0 Å². The third kappa shape index (κ3) is 3.20. The summed E-state index contributed by atoms with van der Waals surface area (Å²) in [7, 11) is 0. The highest BCUT2D eigenvalue weighted by molar-refractivity contribution is 7.01. The Morgan fingerprint density at radius 3 is 1.22 bits per heavy atom. The van der Waals surface area contributed by atoms with Crippen LogP contribution in [0.25, 0.3) is 0 Å². The molecule has 170 valence electrons. The maximum atomic E-state index is 14.9. The average Bonchev–Trinajstić information content (AvgIpc) is 3.32. The van der Waals surface area contributed by atoms with Crippen molar-refractivity contribution in [2.45, 2.75) is 13.2 Å². The molecular formula is C20H11BF10N-. The summed E-state index contributed by atoms with van der Waals surface area (Å²) in [5, 5.41) is 0. The molecule has 0 radical (unpaired) electrons. The van der Waals surface area contributed by atoms with Gasteiger partial charge in [-0.05, 0) is 31.5 Å². The number of halogens is 10. The Hall–Kier alpha value is -3.18. The Kier molecular flexibility index (Phi) is 6.16. The zero-order chi connectivity index (χ0) is 24.0. The van der Waals surface area contributed by atoms with Crippen molar-refractivity contribution in [1.82, 2.24) is 4.48 Å². The number of allylic oxidation sites excluding steroid dienone is 2. The predicted octanol–water partition coefficient (Wildman–Crippen LogP) is 5.06. The van der Waals surface area contributed by atoms with Gasteiger partial charge in [0.1, 0.15) is 23.3 Å². The molecular weight excluding hydrogens is 455 g/mol. The van der Waals surface area contributed by atoms with Crippen LogP contribution in [0.15, 0.2) is 36.7 Å². The average molecular weight is 466 g/mol. The normalized spacial score (nSPS) is 12.2. The largest absolute Gasteiger partial charge is 0.520 e. The van der Waals surface area contributed by atoms with E-state index in [2.05, 4.69) is 0 Å². The van der Waals surface area contributed by atoms with E-state index in [1.807, 2.05) is 0 Å². The minimum atomic E-state index is -4.04. The monoisotopic (exact) mass is 466 g/mol. The molecule has 3 aromatic rings. The van der Waals surface area contributed by atoms with Gasteiger partial charge in [0.25, 0.3) is 0 Å². The highest BCUT2D eigenvalue weighted by Gasteiger charge is 2.43. The van der Waals surface area contributed by atoms with Gasteiger partial charge in [0.2, 0.25) is 0 Å². The smallest absolute Gasteiger partial charge is 0.200 e. The fourth-order valence-corrected chi connectivity index (χ4v) is 3.86.